The molecule has 0 saturated carbocycles. The van der Waals surface area contributed by atoms with Crippen LogP contribution in [0.5, 0.6) is 5.75 Å². The van der Waals surface area contributed by atoms with E-state index in [4.69, 9.17) is 4.74 Å². The molecule has 1 aliphatic rings. The van der Waals surface area contributed by atoms with Crippen molar-refractivity contribution in [3.05, 3.63) is 59.9 Å². The average Bonchev–Trinajstić information content (AvgIpc) is 2.64. The summed E-state index contributed by atoms with van der Waals surface area (Å²) in [6.45, 7) is 5.90. The van der Waals surface area contributed by atoms with Crippen LogP contribution in [0, 0.1) is 5.92 Å². The van der Waals surface area contributed by atoms with E-state index in [0.29, 0.717) is 5.92 Å². The summed E-state index contributed by atoms with van der Waals surface area (Å²) >= 11 is 0. The number of piperidine rings is 1. The number of methoxy groups -OCH3 is 1. The fraction of sp³-hybridized carbons (Fsp3) is 0.476. The molecule has 24 heavy (non-hydrogen) atoms. The van der Waals surface area contributed by atoms with Crippen LogP contribution in [0.25, 0.3) is 0 Å². The molecule has 1 aromatic carbocycles. The molecule has 0 N–H and O–H groups in total. The van der Waals surface area contributed by atoms with Gasteiger partial charge in [0.05, 0.1) is 7.11 Å². The highest BCUT2D eigenvalue weighted by molar-refractivity contribution is 5.29. The van der Waals surface area contributed by atoms with E-state index >= 15 is 0 Å². The highest BCUT2D eigenvalue weighted by Gasteiger charge is 2.21. The number of pyridine rings is 1. The van der Waals surface area contributed by atoms with Gasteiger partial charge in [-0.2, -0.15) is 0 Å². The van der Waals surface area contributed by atoms with Crippen LogP contribution in [0.15, 0.2) is 48.8 Å². The number of hydrogen-bond acceptors (Lipinski definition) is 3. The summed E-state index contributed by atoms with van der Waals surface area (Å²) in [5.74, 6) is 2.30. The third-order valence-electron chi connectivity index (χ3n) is 5.17. The lowest BCUT2D eigenvalue weighted by atomic mass is 9.90. The van der Waals surface area contributed by atoms with Crippen LogP contribution < -0.4 is 4.74 Å². The molecule has 0 radical (unpaired) electrons. The van der Waals surface area contributed by atoms with Crippen LogP contribution >= 0.6 is 0 Å². The molecule has 1 aliphatic heterocycles. The first-order chi connectivity index (χ1) is 11.7. The van der Waals surface area contributed by atoms with Gasteiger partial charge in [0.2, 0.25) is 0 Å². The lowest BCUT2D eigenvalue weighted by Crippen LogP contribution is -2.36. The molecule has 0 amide bonds. The molecule has 1 aromatic heterocycles. The van der Waals surface area contributed by atoms with E-state index in [1.165, 1.54) is 43.5 Å². The van der Waals surface area contributed by atoms with Crippen LogP contribution in [0.3, 0.4) is 0 Å². The normalized spacial score (nSPS) is 17.6. The summed E-state index contributed by atoms with van der Waals surface area (Å²) in [4.78, 5) is 6.85. The van der Waals surface area contributed by atoms with E-state index in [1.54, 1.807) is 7.11 Å². The quantitative estimate of drug-likeness (QED) is 0.798. The standard InChI is InChI=1S/C21H28N2O/c1-17(20-5-7-21(24-2)8-6-20)16-23-12-9-18(10-13-23)14-19-4-3-11-22-15-19/h3-8,11,15,17-18H,9-10,12-14,16H2,1-2H3/t17-/m0/s1. The lowest BCUT2D eigenvalue weighted by Gasteiger charge is -2.33. The highest BCUT2D eigenvalue weighted by Crippen LogP contribution is 2.25. The Labute approximate surface area is 145 Å². The molecule has 0 bridgehead atoms. The maximum absolute atomic E-state index is 5.24. The molecule has 0 aliphatic carbocycles. The molecular weight excluding hydrogens is 296 g/mol. The third-order valence-corrected chi connectivity index (χ3v) is 5.17. The van der Waals surface area contributed by atoms with E-state index in [1.807, 2.05) is 18.5 Å². The Balaban J connectivity index is 1.46. The van der Waals surface area contributed by atoms with Gasteiger partial charge in [-0.25, -0.2) is 0 Å². The lowest BCUT2D eigenvalue weighted by molar-refractivity contribution is 0.177. The van der Waals surface area contributed by atoms with Gasteiger partial charge >= 0.3 is 0 Å². The maximum Gasteiger partial charge on any atom is 0.118 e. The monoisotopic (exact) mass is 324 g/mol. The molecule has 3 heteroatoms. The minimum atomic E-state index is 0.561. The zero-order valence-corrected chi connectivity index (χ0v) is 14.8. The van der Waals surface area contributed by atoms with Gasteiger partial charge in [0.15, 0.2) is 0 Å². The van der Waals surface area contributed by atoms with Crippen molar-refractivity contribution in [2.24, 2.45) is 5.92 Å². The average molecular weight is 324 g/mol. The van der Waals surface area contributed by atoms with E-state index in [0.717, 1.165) is 18.2 Å². The largest absolute Gasteiger partial charge is 0.497 e. The van der Waals surface area contributed by atoms with E-state index in [2.05, 4.69) is 47.1 Å². The summed E-state index contributed by atoms with van der Waals surface area (Å²) in [5.41, 5.74) is 2.77. The number of hydrogen-bond donors (Lipinski definition) is 0. The van der Waals surface area contributed by atoms with Gasteiger partial charge in [0, 0.05) is 18.9 Å². The molecule has 1 fully saturated rings. The van der Waals surface area contributed by atoms with E-state index in [-0.39, 0.29) is 0 Å². The van der Waals surface area contributed by atoms with Crippen molar-refractivity contribution in [3.63, 3.8) is 0 Å². The Morgan fingerprint density at radius 2 is 1.92 bits per heavy atom. The van der Waals surface area contributed by atoms with Crippen molar-refractivity contribution >= 4 is 0 Å². The molecular formula is C21H28N2O. The minimum absolute atomic E-state index is 0.561. The zero-order chi connectivity index (χ0) is 16.8. The predicted octanol–water partition coefficient (Wildman–Crippen LogP) is 4.15. The molecule has 1 atom stereocenters. The Kier molecular flexibility index (Phi) is 5.86. The number of ether oxygens (including phenoxy) is 1. The van der Waals surface area contributed by atoms with Gasteiger partial charge in [-0.3, -0.25) is 4.98 Å². The number of benzene rings is 1. The van der Waals surface area contributed by atoms with Crippen molar-refractivity contribution in [1.82, 2.24) is 9.88 Å². The van der Waals surface area contributed by atoms with E-state index < -0.39 is 0 Å². The van der Waals surface area contributed by atoms with Crippen LogP contribution in [0.1, 0.15) is 36.8 Å². The zero-order valence-electron chi connectivity index (χ0n) is 14.8. The Hall–Kier alpha value is -1.87. The van der Waals surface area contributed by atoms with Crippen LogP contribution in [-0.4, -0.2) is 36.6 Å². The fourth-order valence-corrected chi connectivity index (χ4v) is 3.65. The van der Waals surface area contributed by atoms with Gasteiger partial charge in [-0.1, -0.05) is 25.1 Å². The molecule has 3 rings (SSSR count). The van der Waals surface area contributed by atoms with Crippen LogP contribution in [0.4, 0.5) is 0 Å². The van der Waals surface area contributed by atoms with Crippen molar-refractivity contribution in [1.29, 1.82) is 0 Å². The van der Waals surface area contributed by atoms with Crippen molar-refractivity contribution in [3.8, 4) is 5.75 Å². The minimum Gasteiger partial charge on any atom is -0.497 e. The Morgan fingerprint density at radius 3 is 2.54 bits per heavy atom. The van der Waals surface area contributed by atoms with Crippen LogP contribution in [0.2, 0.25) is 0 Å². The van der Waals surface area contributed by atoms with Crippen LogP contribution in [-0.2, 0) is 6.42 Å². The first kappa shape index (κ1) is 17.0. The van der Waals surface area contributed by atoms with Crippen molar-refractivity contribution < 1.29 is 4.74 Å². The Bertz CT molecular complexity index is 603. The molecule has 1 saturated heterocycles. The van der Waals surface area contributed by atoms with Crippen molar-refractivity contribution in [2.45, 2.75) is 32.1 Å². The second-order valence-electron chi connectivity index (χ2n) is 6.98. The summed E-state index contributed by atoms with van der Waals surface area (Å²) in [5, 5.41) is 0. The predicted molar refractivity (Wildman–Crippen MR) is 98.5 cm³/mol. The molecule has 2 heterocycles. The van der Waals surface area contributed by atoms with Gasteiger partial charge < -0.3 is 9.64 Å². The number of aromatic nitrogens is 1. The summed E-state index contributed by atoms with van der Waals surface area (Å²) < 4.78 is 5.24. The van der Waals surface area contributed by atoms with E-state index in [9.17, 15) is 0 Å². The smallest absolute Gasteiger partial charge is 0.118 e. The molecule has 3 nitrogen and oxygen atoms in total. The first-order valence-corrected chi connectivity index (χ1v) is 9.00. The number of rotatable bonds is 6. The fourth-order valence-electron chi connectivity index (χ4n) is 3.65. The molecule has 2 aromatic rings. The van der Waals surface area contributed by atoms with Gasteiger partial charge in [-0.05, 0) is 73.5 Å². The highest BCUT2D eigenvalue weighted by atomic mass is 16.5. The topological polar surface area (TPSA) is 25.4 Å². The first-order valence-electron chi connectivity index (χ1n) is 9.00. The number of nitrogens with zero attached hydrogens (tertiary/aromatic N) is 2. The summed E-state index contributed by atoms with van der Waals surface area (Å²) in [6.07, 6.45) is 7.63. The summed E-state index contributed by atoms with van der Waals surface area (Å²) in [6, 6.07) is 12.8. The molecule has 128 valence electrons. The number of likely N-dealkylation sites (tertiary alicyclic amines) is 1. The molecule has 0 spiro atoms. The van der Waals surface area contributed by atoms with Gasteiger partial charge in [-0.15, -0.1) is 0 Å². The van der Waals surface area contributed by atoms with Gasteiger partial charge in [0.1, 0.15) is 5.75 Å². The second kappa shape index (κ2) is 8.29. The molecule has 0 unspecified atom stereocenters. The summed E-state index contributed by atoms with van der Waals surface area (Å²) in [7, 11) is 1.72. The second-order valence-corrected chi connectivity index (χ2v) is 6.98. The van der Waals surface area contributed by atoms with Crippen molar-refractivity contribution in [2.75, 3.05) is 26.7 Å². The Morgan fingerprint density at radius 1 is 1.17 bits per heavy atom. The maximum atomic E-state index is 5.24. The third kappa shape index (κ3) is 4.57. The SMILES string of the molecule is COc1ccc([C@@H](C)CN2CCC(Cc3cccnc3)CC2)cc1. The van der Waals surface area contributed by atoms with Gasteiger partial charge in [0.25, 0.3) is 0 Å².